The molecule has 1 fully saturated rings. The Balaban J connectivity index is 1.20. The number of anilines is 2. The maximum absolute atomic E-state index is 13.0. The van der Waals surface area contributed by atoms with Gasteiger partial charge < -0.3 is 15.5 Å². The molecule has 6 nitrogen and oxygen atoms in total. The van der Waals surface area contributed by atoms with E-state index in [4.69, 9.17) is 0 Å². The van der Waals surface area contributed by atoms with Crippen molar-refractivity contribution in [1.82, 2.24) is 4.90 Å². The van der Waals surface area contributed by atoms with Crippen LogP contribution in [0.1, 0.15) is 59.2 Å². The van der Waals surface area contributed by atoms with Crippen LogP contribution in [0, 0.1) is 0 Å². The van der Waals surface area contributed by atoms with Gasteiger partial charge in [-0.05, 0) is 48.1 Å². The van der Waals surface area contributed by atoms with Crippen molar-refractivity contribution in [3.8, 4) is 0 Å². The molecule has 3 aromatic rings. The minimum absolute atomic E-state index is 0.0328. The summed E-state index contributed by atoms with van der Waals surface area (Å²) in [4.78, 5) is 39.0. The first-order valence-corrected chi connectivity index (χ1v) is 11.9. The molecule has 0 bridgehead atoms. The summed E-state index contributed by atoms with van der Waals surface area (Å²) in [6.45, 7) is 1.79. The molecular formula is C27H29N3O3. The van der Waals surface area contributed by atoms with E-state index in [0.29, 0.717) is 30.0 Å². The van der Waals surface area contributed by atoms with Crippen LogP contribution in [-0.4, -0.2) is 23.4 Å². The zero-order valence-electron chi connectivity index (χ0n) is 18.7. The summed E-state index contributed by atoms with van der Waals surface area (Å²) in [5, 5.41) is 6.42. The van der Waals surface area contributed by atoms with Gasteiger partial charge in [0.05, 0.1) is 0 Å². The van der Waals surface area contributed by atoms with Crippen molar-refractivity contribution in [2.45, 2.75) is 57.7 Å². The summed E-state index contributed by atoms with van der Waals surface area (Å²) in [7, 11) is 0. The lowest BCUT2D eigenvalue weighted by Gasteiger charge is -2.29. The van der Waals surface area contributed by atoms with Crippen molar-refractivity contribution in [2.75, 3.05) is 17.2 Å². The van der Waals surface area contributed by atoms with E-state index in [0.717, 1.165) is 44.2 Å². The largest absolute Gasteiger partial charge is 0.377 e. The zero-order valence-corrected chi connectivity index (χ0v) is 18.7. The Hall–Kier alpha value is -3.41. The fourth-order valence-electron chi connectivity index (χ4n) is 4.96. The highest BCUT2D eigenvalue weighted by molar-refractivity contribution is 5.94. The smallest absolute Gasteiger partial charge is 0.254 e. The second kappa shape index (κ2) is 9.22. The molecule has 0 atom stereocenters. The Kier molecular flexibility index (Phi) is 5.99. The van der Waals surface area contributed by atoms with Crippen LogP contribution >= 0.6 is 0 Å². The number of nitrogens with one attached hydrogen (secondary N) is 2. The van der Waals surface area contributed by atoms with Crippen LogP contribution in [0.4, 0.5) is 11.4 Å². The summed E-state index contributed by atoms with van der Waals surface area (Å²) in [6, 6.07) is 16.0. The molecule has 33 heavy (non-hydrogen) atoms. The number of carbonyl (C=O) groups is 1. The molecule has 1 aliphatic carbocycles. The van der Waals surface area contributed by atoms with Crippen molar-refractivity contribution in [1.29, 1.82) is 0 Å². The number of rotatable bonds is 6. The predicted molar refractivity (Wildman–Crippen MR) is 131 cm³/mol. The lowest BCUT2D eigenvalue weighted by Crippen LogP contribution is -2.40. The van der Waals surface area contributed by atoms with Gasteiger partial charge in [0.25, 0.3) is 16.8 Å². The van der Waals surface area contributed by atoms with Gasteiger partial charge in [-0.25, -0.2) is 0 Å². The van der Waals surface area contributed by atoms with Gasteiger partial charge in [-0.1, -0.05) is 55.7 Å². The van der Waals surface area contributed by atoms with E-state index in [9.17, 15) is 14.4 Å². The lowest BCUT2D eigenvalue weighted by atomic mass is 9.95. The summed E-state index contributed by atoms with van der Waals surface area (Å²) < 4.78 is 0. The second-order valence-electron chi connectivity index (χ2n) is 9.18. The van der Waals surface area contributed by atoms with E-state index in [1.54, 1.807) is 0 Å². The SMILES string of the molecule is O=C(c1ccc(CNc2c(NC3CCCCC3)c(=O)c2=O)cc1)N1CCc2ccccc2C1. The predicted octanol–water partition coefficient (Wildman–Crippen LogP) is 3.84. The average Bonchev–Trinajstić information content (AvgIpc) is 2.88. The number of hydrogen-bond acceptors (Lipinski definition) is 5. The number of benzene rings is 2. The van der Waals surface area contributed by atoms with Crippen molar-refractivity contribution in [3.05, 3.63) is 91.2 Å². The fraction of sp³-hybridized carbons (Fsp3) is 0.370. The van der Waals surface area contributed by atoms with Gasteiger partial charge in [0.2, 0.25) is 0 Å². The molecule has 6 heteroatoms. The van der Waals surface area contributed by atoms with Crippen LogP contribution in [0.2, 0.25) is 0 Å². The highest BCUT2D eigenvalue weighted by Gasteiger charge is 2.24. The zero-order chi connectivity index (χ0) is 22.8. The quantitative estimate of drug-likeness (QED) is 0.566. The van der Waals surface area contributed by atoms with Crippen LogP contribution in [0.5, 0.6) is 0 Å². The highest BCUT2D eigenvalue weighted by atomic mass is 16.2. The molecule has 5 rings (SSSR count). The van der Waals surface area contributed by atoms with Gasteiger partial charge in [0.1, 0.15) is 11.4 Å². The summed E-state index contributed by atoms with van der Waals surface area (Å²) in [5.74, 6) is 0.0328. The topological polar surface area (TPSA) is 78.5 Å². The van der Waals surface area contributed by atoms with E-state index < -0.39 is 10.9 Å². The molecule has 2 N–H and O–H groups in total. The monoisotopic (exact) mass is 443 g/mol. The molecule has 0 unspecified atom stereocenters. The molecule has 1 aliphatic heterocycles. The van der Waals surface area contributed by atoms with Crippen LogP contribution < -0.4 is 21.5 Å². The third kappa shape index (κ3) is 4.42. The average molecular weight is 444 g/mol. The maximum Gasteiger partial charge on any atom is 0.254 e. The first-order valence-electron chi connectivity index (χ1n) is 11.9. The summed E-state index contributed by atoms with van der Waals surface area (Å²) in [6.07, 6.45) is 6.50. The van der Waals surface area contributed by atoms with E-state index in [-0.39, 0.29) is 11.9 Å². The maximum atomic E-state index is 13.0. The number of fused-ring (bicyclic) bond motifs is 1. The molecule has 0 saturated heterocycles. The third-order valence-corrected chi connectivity index (χ3v) is 6.95. The highest BCUT2D eigenvalue weighted by Crippen LogP contribution is 2.24. The van der Waals surface area contributed by atoms with Crippen LogP contribution in [0.25, 0.3) is 0 Å². The fourth-order valence-corrected chi connectivity index (χ4v) is 4.96. The van der Waals surface area contributed by atoms with Gasteiger partial charge in [0.15, 0.2) is 0 Å². The molecule has 1 amide bonds. The molecule has 0 aromatic heterocycles. The van der Waals surface area contributed by atoms with Gasteiger partial charge in [-0.2, -0.15) is 0 Å². The Bertz CT molecular complexity index is 1220. The minimum Gasteiger partial charge on any atom is -0.377 e. The first kappa shape index (κ1) is 21.4. The van der Waals surface area contributed by atoms with E-state index in [1.807, 2.05) is 41.3 Å². The Morgan fingerprint density at radius 2 is 1.58 bits per heavy atom. The molecule has 0 radical (unpaired) electrons. The van der Waals surface area contributed by atoms with E-state index in [1.165, 1.54) is 17.5 Å². The van der Waals surface area contributed by atoms with Crippen LogP contribution in [0.3, 0.4) is 0 Å². The van der Waals surface area contributed by atoms with Crippen molar-refractivity contribution in [3.63, 3.8) is 0 Å². The van der Waals surface area contributed by atoms with Crippen molar-refractivity contribution >= 4 is 17.3 Å². The second-order valence-corrected chi connectivity index (χ2v) is 9.18. The first-order chi connectivity index (χ1) is 16.1. The molecule has 0 spiro atoms. The van der Waals surface area contributed by atoms with Gasteiger partial charge in [-0.15, -0.1) is 0 Å². The molecule has 3 aromatic carbocycles. The van der Waals surface area contributed by atoms with E-state index >= 15 is 0 Å². The van der Waals surface area contributed by atoms with E-state index in [2.05, 4.69) is 22.8 Å². The molecule has 170 valence electrons. The Morgan fingerprint density at radius 3 is 2.33 bits per heavy atom. The standard InChI is InChI=1S/C27H29N3O3/c31-25-23(24(26(25)32)29-22-8-2-1-3-9-22)28-16-18-10-12-20(13-11-18)27(33)30-15-14-19-6-4-5-7-21(19)17-30/h4-7,10-13,22,28-29H,1-3,8-9,14-17H2. The number of carbonyl (C=O) groups excluding carboxylic acids is 1. The summed E-state index contributed by atoms with van der Waals surface area (Å²) in [5.41, 5.74) is 4.08. The number of nitrogens with zero attached hydrogens (tertiary/aromatic N) is 1. The lowest BCUT2D eigenvalue weighted by molar-refractivity contribution is 0.0734. The molecular weight excluding hydrogens is 414 g/mol. The van der Waals surface area contributed by atoms with Crippen molar-refractivity contribution < 1.29 is 4.79 Å². The van der Waals surface area contributed by atoms with Gasteiger partial charge >= 0.3 is 0 Å². The number of amides is 1. The molecule has 1 heterocycles. The van der Waals surface area contributed by atoms with Crippen molar-refractivity contribution in [2.24, 2.45) is 0 Å². The molecule has 2 aliphatic rings. The third-order valence-electron chi connectivity index (χ3n) is 6.95. The number of hydrogen-bond donors (Lipinski definition) is 2. The Morgan fingerprint density at radius 1 is 0.879 bits per heavy atom. The minimum atomic E-state index is -0.453. The van der Waals surface area contributed by atoms with Gasteiger partial charge in [0, 0.05) is 31.2 Å². The van der Waals surface area contributed by atoms with Crippen LogP contribution in [0.15, 0.2) is 58.1 Å². The summed E-state index contributed by atoms with van der Waals surface area (Å²) >= 11 is 0. The van der Waals surface area contributed by atoms with Crippen LogP contribution in [-0.2, 0) is 19.5 Å². The van der Waals surface area contributed by atoms with Gasteiger partial charge in [-0.3, -0.25) is 14.4 Å². The molecule has 1 saturated carbocycles. The Labute approximate surface area is 193 Å². The normalized spacial score (nSPS) is 16.4.